The maximum atomic E-state index is 9.89. The van der Waals surface area contributed by atoms with Crippen molar-refractivity contribution in [3.05, 3.63) is 42.0 Å². The minimum absolute atomic E-state index is 0.223. The van der Waals surface area contributed by atoms with Crippen LogP contribution < -0.4 is 0 Å². The van der Waals surface area contributed by atoms with Crippen molar-refractivity contribution >= 4 is 0 Å². The molecule has 0 aromatic carbocycles. The van der Waals surface area contributed by atoms with E-state index in [-0.39, 0.29) is 5.92 Å². The fourth-order valence-corrected chi connectivity index (χ4v) is 1.62. The highest BCUT2D eigenvalue weighted by atomic mass is 16.5. The van der Waals surface area contributed by atoms with Gasteiger partial charge >= 0.3 is 0 Å². The molecule has 1 atom stereocenters. The summed E-state index contributed by atoms with van der Waals surface area (Å²) in [4.78, 5) is 0. The van der Waals surface area contributed by atoms with Crippen LogP contribution in [0.5, 0.6) is 0 Å². The molecule has 0 amide bonds. The van der Waals surface area contributed by atoms with Crippen LogP contribution in [0.3, 0.4) is 0 Å². The largest absolute Gasteiger partial charge is 0.388 e. The van der Waals surface area contributed by atoms with Crippen LogP contribution in [0, 0.1) is 5.92 Å². The van der Waals surface area contributed by atoms with E-state index in [1.165, 1.54) is 0 Å². The first-order valence-corrected chi connectivity index (χ1v) is 5.40. The Bertz CT molecular complexity index is 432. The van der Waals surface area contributed by atoms with Gasteiger partial charge in [0.05, 0.1) is 18.8 Å². The van der Waals surface area contributed by atoms with E-state index in [9.17, 15) is 5.11 Å². The molecule has 1 N–H and O–H groups in total. The first kappa shape index (κ1) is 11.0. The Morgan fingerprint density at radius 1 is 1.44 bits per heavy atom. The molecule has 16 heavy (non-hydrogen) atoms. The van der Waals surface area contributed by atoms with E-state index in [1.54, 1.807) is 6.20 Å². The fourth-order valence-electron chi connectivity index (χ4n) is 1.62. The van der Waals surface area contributed by atoms with Gasteiger partial charge in [-0.1, -0.05) is 19.0 Å². The van der Waals surface area contributed by atoms with E-state index in [4.69, 9.17) is 4.52 Å². The summed E-state index contributed by atoms with van der Waals surface area (Å²) < 4.78 is 6.99. The third-order valence-corrected chi connectivity index (χ3v) is 2.58. The van der Waals surface area contributed by atoms with Crippen LogP contribution in [0.25, 0.3) is 0 Å². The summed E-state index contributed by atoms with van der Waals surface area (Å²) in [5, 5.41) is 13.5. The highest BCUT2D eigenvalue weighted by Crippen LogP contribution is 2.21. The average molecular weight is 220 g/mol. The second-order valence-electron chi connectivity index (χ2n) is 4.28. The Labute approximate surface area is 94.5 Å². The third-order valence-electron chi connectivity index (χ3n) is 2.58. The molecule has 4 heteroatoms. The van der Waals surface area contributed by atoms with Gasteiger partial charge in [0, 0.05) is 18.5 Å². The Kier molecular flexibility index (Phi) is 3.10. The number of hydrogen-bond acceptors (Lipinski definition) is 3. The lowest BCUT2D eigenvalue weighted by Gasteiger charge is -2.12. The van der Waals surface area contributed by atoms with Gasteiger partial charge in [-0.05, 0) is 17.5 Å². The third kappa shape index (κ3) is 2.33. The summed E-state index contributed by atoms with van der Waals surface area (Å²) in [5.41, 5.74) is 0.939. The topological polar surface area (TPSA) is 51.2 Å². The fraction of sp³-hybridized carbons (Fsp3) is 0.417. The van der Waals surface area contributed by atoms with Gasteiger partial charge in [-0.25, -0.2) is 0 Å². The second kappa shape index (κ2) is 4.53. The molecule has 0 aliphatic carbocycles. The van der Waals surface area contributed by atoms with Gasteiger partial charge in [-0.2, -0.15) is 0 Å². The average Bonchev–Trinajstić information content (AvgIpc) is 2.88. The molecule has 2 rings (SSSR count). The van der Waals surface area contributed by atoms with Crippen molar-refractivity contribution in [3.63, 3.8) is 0 Å². The Morgan fingerprint density at radius 2 is 2.25 bits per heavy atom. The lowest BCUT2D eigenvalue weighted by Crippen LogP contribution is -2.04. The number of hydrogen-bond donors (Lipinski definition) is 1. The van der Waals surface area contributed by atoms with E-state index in [2.05, 4.69) is 5.16 Å². The van der Waals surface area contributed by atoms with Crippen molar-refractivity contribution in [1.29, 1.82) is 0 Å². The van der Waals surface area contributed by atoms with Crippen molar-refractivity contribution in [3.8, 4) is 0 Å². The van der Waals surface area contributed by atoms with E-state index < -0.39 is 6.10 Å². The molecule has 0 bridgehead atoms. The van der Waals surface area contributed by atoms with E-state index in [0.29, 0.717) is 6.54 Å². The first-order valence-electron chi connectivity index (χ1n) is 5.40. The highest BCUT2D eigenvalue weighted by Gasteiger charge is 2.13. The number of aliphatic hydroxyl groups is 1. The zero-order valence-corrected chi connectivity index (χ0v) is 9.50. The molecule has 2 aromatic heterocycles. The molecule has 0 saturated heterocycles. The van der Waals surface area contributed by atoms with Crippen LogP contribution in [0.4, 0.5) is 0 Å². The molecule has 0 spiro atoms. The van der Waals surface area contributed by atoms with Crippen molar-refractivity contribution < 1.29 is 9.63 Å². The van der Waals surface area contributed by atoms with Crippen molar-refractivity contribution in [2.45, 2.75) is 26.5 Å². The SMILES string of the molecule is CC(C)C(O)c1ccn(Cc2ccno2)c1. The standard InChI is InChI=1S/C12H16N2O2/c1-9(2)12(15)10-4-6-14(7-10)8-11-3-5-13-16-11/h3-7,9,12,15H,8H2,1-2H3. The zero-order chi connectivity index (χ0) is 11.5. The molecule has 0 aliphatic rings. The minimum Gasteiger partial charge on any atom is -0.388 e. The molecule has 0 saturated carbocycles. The van der Waals surface area contributed by atoms with E-state index >= 15 is 0 Å². The molecule has 0 fully saturated rings. The number of aromatic nitrogens is 2. The molecular formula is C12H16N2O2. The van der Waals surface area contributed by atoms with Crippen LogP contribution in [-0.4, -0.2) is 14.8 Å². The molecule has 0 aliphatic heterocycles. The van der Waals surface area contributed by atoms with Crippen LogP contribution in [0.15, 0.2) is 35.2 Å². The van der Waals surface area contributed by atoms with Gasteiger partial charge in [0.25, 0.3) is 0 Å². The minimum atomic E-state index is -0.407. The monoisotopic (exact) mass is 220 g/mol. The highest BCUT2D eigenvalue weighted by molar-refractivity contribution is 5.15. The van der Waals surface area contributed by atoms with Gasteiger partial charge in [-0.15, -0.1) is 0 Å². The molecule has 4 nitrogen and oxygen atoms in total. The van der Waals surface area contributed by atoms with Crippen LogP contribution >= 0.6 is 0 Å². The van der Waals surface area contributed by atoms with E-state index in [0.717, 1.165) is 11.3 Å². The first-order chi connectivity index (χ1) is 7.66. The van der Waals surface area contributed by atoms with Crippen molar-refractivity contribution in [2.24, 2.45) is 5.92 Å². The lowest BCUT2D eigenvalue weighted by molar-refractivity contribution is 0.127. The molecule has 2 aromatic rings. The van der Waals surface area contributed by atoms with Gasteiger partial charge in [0.15, 0.2) is 5.76 Å². The van der Waals surface area contributed by atoms with Gasteiger partial charge in [0.2, 0.25) is 0 Å². The Hall–Kier alpha value is -1.55. The van der Waals surface area contributed by atoms with E-state index in [1.807, 2.05) is 42.9 Å². The lowest BCUT2D eigenvalue weighted by atomic mass is 10.0. The maximum Gasteiger partial charge on any atom is 0.156 e. The van der Waals surface area contributed by atoms with Gasteiger partial charge in [-0.3, -0.25) is 0 Å². The summed E-state index contributed by atoms with van der Waals surface area (Å²) in [6.45, 7) is 4.64. The van der Waals surface area contributed by atoms with Gasteiger partial charge in [0.1, 0.15) is 0 Å². The second-order valence-corrected chi connectivity index (χ2v) is 4.28. The normalized spacial score (nSPS) is 13.2. The summed E-state index contributed by atoms with van der Waals surface area (Å²) in [5.74, 6) is 1.03. The van der Waals surface area contributed by atoms with Crippen molar-refractivity contribution in [2.75, 3.05) is 0 Å². The molecule has 1 unspecified atom stereocenters. The smallest absolute Gasteiger partial charge is 0.156 e. The summed E-state index contributed by atoms with van der Waals surface area (Å²) in [7, 11) is 0. The predicted octanol–water partition coefficient (Wildman–Crippen LogP) is 2.21. The van der Waals surface area contributed by atoms with Crippen LogP contribution in [0.1, 0.15) is 31.3 Å². The predicted molar refractivity (Wildman–Crippen MR) is 59.8 cm³/mol. The summed E-state index contributed by atoms with van der Waals surface area (Å²) >= 11 is 0. The number of aliphatic hydroxyl groups excluding tert-OH is 1. The van der Waals surface area contributed by atoms with Gasteiger partial charge < -0.3 is 14.2 Å². The molecular weight excluding hydrogens is 204 g/mol. The number of rotatable bonds is 4. The van der Waals surface area contributed by atoms with Crippen molar-refractivity contribution in [1.82, 2.24) is 9.72 Å². The zero-order valence-electron chi connectivity index (χ0n) is 9.50. The molecule has 0 radical (unpaired) electrons. The number of nitrogens with zero attached hydrogens (tertiary/aromatic N) is 2. The van der Waals surface area contributed by atoms with Crippen LogP contribution in [0.2, 0.25) is 0 Å². The molecule has 2 heterocycles. The Balaban J connectivity index is 2.08. The Morgan fingerprint density at radius 3 is 2.88 bits per heavy atom. The van der Waals surface area contributed by atoms with Crippen LogP contribution in [-0.2, 0) is 6.54 Å². The molecule has 86 valence electrons. The maximum absolute atomic E-state index is 9.89. The summed E-state index contributed by atoms with van der Waals surface area (Å²) in [6, 6.07) is 3.76. The quantitative estimate of drug-likeness (QED) is 0.859. The summed E-state index contributed by atoms with van der Waals surface area (Å²) in [6.07, 6.45) is 5.09.